The molecule has 1 aliphatic heterocycles. The number of anilines is 1. The van der Waals surface area contributed by atoms with Gasteiger partial charge in [-0.2, -0.15) is 18.2 Å². The van der Waals surface area contributed by atoms with Crippen molar-refractivity contribution in [2.75, 3.05) is 30.8 Å². The number of carbonyl (C=O) groups is 1. The van der Waals surface area contributed by atoms with Crippen LogP contribution in [0.2, 0.25) is 0 Å². The van der Waals surface area contributed by atoms with E-state index in [1.807, 2.05) is 0 Å². The fraction of sp³-hybridized carbons (Fsp3) is 0.344. The van der Waals surface area contributed by atoms with Crippen LogP contribution >= 0.6 is 0 Å². The van der Waals surface area contributed by atoms with Gasteiger partial charge in [-0.25, -0.2) is 31.5 Å². The molecule has 252 valence electrons. The summed E-state index contributed by atoms with van der Waals surface area (Å²) in [4.78, 5) is 42.2. The molecule has 2 fully saturated rings. The quantitative estimate of drug-likeness (QED) is 0.205. The highest BCUT2D eigenvalue weighted by Gasteiger charge is 2.37. The molecule has 1 atom stereocenters. The Morgan fingerprint density at radius 3 is 2.42 bits per heavy atom. The van der Waals surface area contributed by atoms with Gasteiger partial charge in [0.2, 0.25) is 5.91 Å². The maximum Gasteiger partial charge on any atom is 0.417 e. The third-order valence-corrected chi connectivity index (χ3v) is 9.89. The Balaban J connectivity index is 1.70. The lowest BCUT2D eigenvalue weighted by molar-refractivity contribution is -0.137. The number of amides is 1. The number of pyridine rings is 2. The van der Waals surface area contributed by atoms with Crippen molar-refractivity contribution in [2.45, 2.75) is 49.2 Å². The van der Waals surface area contributed by atoms with E-state index in [-0.39, 0.29) is 58.9 Å². The predicted octanol–water partition coefficient (Wildman–Crippen LogP) is 5.03. The molecule has 4 aromatic rings. The number of piperazine rings is 1. The summed E-state index contributed by atoms with van der Waals surface area (Å²) in [6.45, 7) is 5.72. The van der Waals surface area contributed by atoms with E-state index in [1.165, 1.54) is 17.2 Å². The summed E-state index contributed by atoms with van der Waals surface area (Å²) in [5.41, 5.74) is -4.61. The number of alkyl halides is 3. The van der Waals surface area contributed by atoms with Crippen LogP contribution in [0.25, 0.3) is 28.0 Å². The lowest BCUT2D eigenvalue weighted by Gasteiger charge is -2.40. The number of hydrogen-bond acceptors (Lipinski definition) is 8. The number of benzene rings is 1. The average Bonchev–Trinajstić information content (AvgIpc) is 2.98. The molecule has 1 saturated carbocycles. The van der Waals surface area contributed by atoms with Crippen LogP contribution in [-0.2, 0) is 20.8 Å². The van der Waals surface area contributed by atoms with Gasteiger partial charge < -0.3 is 9.80 Å². The molecular weight excluding hydrogens is 659 g/mol. The largest absolute Gasteiger partial charge is 0.417 e. The van der Waals surface area contributed by atoms with E-state index in [0.717, 1.165) is 29.4 Å². The lowest BCUT2D eigenvalue weighted by atomic mass is 9.82. The van der Waals surface area contributed by atoms with Crippen molar-refractivity contribution in [3.8, 4) is 16.9 Å². The van der Waals surface area contributed by atoms with E-state index in [1.54, 1.807) is 11.8 Å². The molecule has 1 amide bonds. The highest BCUT2D eigenvalue weighted by molar-refractivity contribution is 7.90. The summed E-state index contributed by atoms with van der Waals surface area (Å²) in [6.07, 6.45) is 0.412. The Labute approximate surface area is 271 Å². The number of sulfone groups is 1. The van der Waals surface area contributed by atoms with E-state index in [0.29, 0.717) is 31.0 Å². The first-order valence-corrected chi connectivity index (χ1v) is 16.9. The zero-order valence-corrected chi connectivity index (χ0v) is 26.6. The van der Waals surface area contributed by atoms with Crippen LogP contribution in [0.15, 0.2) is 58.9 Å². The Bertz CT molecular complexity index is 2150. The van der Waals surface area contributed by atoms with Crippen molar-refractivity contribution in [1.82, 2.24) is 24.4 Å². The van der Waals surface area contributed by atoms with E-state index < -0.39 is 61.8 Å². The van der Waals surface area contributed by atoms with Crippen molar-refractivity contribution in [1.29, 1.82) is 0 Å². The summed E-state index contributed by atoms with van der Waals surface area (Å²) < 4.78 is 99.8. The molecule has 3 aromatic heterocycles. The smallest absolute Gasteiger partial charge is 0.350 e. The van der Waals surface area contributed by atoms with Crippen LogP contribution in [0.1, 0.15) is 43.4 Å². The molecule has 0 spiro atoms. The fourth-order valence-electron chi connectivity index (χ4n) is 6.23. The Morgan fingerprint density at radius 1 is 1.08 bits per heavy atom. The SMILES string of the molecule is C=CC(=O)N1CCN(c2nc(=O)n(-c3c(S(C)(=O)=O)ccnc3C3CCC3)c3nc(-c4cc(F)ccc4C(F)(F)F)c(F)cc23)[C@@H](C)C1. The summed E-state index contributed by atoms with van der Waals surface area (Å²) in [6, 6.07) is 3.11. The second-order valence-electron chi connectivity index (χ2n) is 11.9. The van der Waals surface area contributed by atoms with E-state index in [4.69, 9.17) is 0 Å². The Morgan fingerprint density at radius 2 is 1.81 bits per heavy atom. The molecule has 2 aliphatic rings. The van der Waals surface area contributed by atoms with Gasteiger partial charge in [0.15, 0.2) is 15.5 Å². The number of aromatic nitrogens is 4. The first kappa shape index (κ1) is 33.2. The molecule has 6 rings (SSSR count). The van der Waals surface area contributed by atoms with Crippen LogP contribution in [0, 0.1) is 11.6 Å². The second-order valence-corrected chi connectivity index (χ2v) is 13.9. The van der Waals surface area contributed by atoms with Gasteiger partial charge >= 0.3 is 11.9 Å². The highest BCUT2D eigenvalue weighted by atomic mass is 32.2. The van der Waals surface area contributed by atoms with Crippen LogP contribution < -0.4 is 10.6 Å². The summed E-state index contributed by atoms with van der Waals surface area (Å²) in [5.74, 6) is -3.01. The van der Waals surface area contributed by atoms with Crippen molar-refractivity contribution in [3.05, 3.63) is 82.6 Å². The molecular formula is C32H29F5N6O4S. The number of fused-ring (bicyclic) bond motifs is 1. The van der Waals surface area contributed by atoms with Crippen LogP contribution in [-0.4, -0.2) is 70.7 Å². The standard InChI is InChI=1S/C32H29F5N6O4S/c1-4-25(44)41-12-13-42(17(2)16-41)29-21-15-23(34)27(20-14-19(33)8-9-22(20)32(35,36)37)39-30(21)43(31(45)40-29)28-24(48(3,46)47)10-11-38-26(28)18-6-5-7-18/h4,8-11,14-15,17-18H,1,5-7,12-13,16H2,2-3H3/t17-/m0/s1. The van der Waals surface area contributed by atoms with Gasteiger partial charge in [-0.05, 0) is 56.2 Å². The van der Waals surface area contributed by atoms with Gasteiger partial charge in [-0.3, -0.25) is 9.78 Å². The molecule has 48 heavy (non-hydrogen) atoms. The van der Waals surface area contributed by atoms with Crippen molar-refractivity contribution in [3.63, 3.8) is 0 Å². The molecule has 0 N–H and O–H groups in total. The van der Waals surface area contributed by atoms with Crippen molar-refractivity contribution < 1.29 is 35.2 Å². The lowest BCUT2D eigenvalue weighted by Crippen LogP contribution is -2.54. The first-order chi connectivity index (χ1) is 22.6. The van der Waals surface area contributed by atoms with Gasteiger partial charge in [-0.15, -0.1) is 0 Å². The minimum Gasteiger partial charge on any atom is -0.350 e. The molecule has 10 nitrogen and oxygen atoms in total. The van der Waals surface area contributed by atoms with Crippen LogP contribution in [0.5, 0.6) is 0 Å². The zero-order valence-electron chi connectivity index (χ0n) is 25.8. The zero-order chi connectivity index (χ0) is 34.7. The monoisotopic (exact) mass is 688 g/mol. The molecule has 1 aromatic carbocycles. The maximum atomic E-state index is 16.1. The number of rotatable bonds is 6. The van der Waals surface area contributed by atoms with Gasteiger partial charge in [0.1, 0.15) is 23.1 Å². The molecule has 0 bridgehead atoms. The summed E-state index contributed by atoms with van der Waals surface area (Å²) in [7, 11) is -4.05. The average molecular weight is 689 g/mol. The number of halogens is 5. The predicted molar refractivity (Wildman–Crippen MR) is 167 cm³/mol. The fourth-order valence-corrected chi connectivity index (χ4v) is 7.09. The third-order valence-electron chi connectivity index (χ3n) is 8.76. The number of nitrogens with zero attached hydrogens (tertiary/aromatic N) is 6. The molecule has 4 heterocycles. The van der Waals surface area contributed by atoms with Crippen molar-refractivity contribution >= 4 is 32.6 Å². The molecule has 16 heteroatoms. The van der Waals surface area contributed by atoms with Gasteiger partial charge in [-0.1, -0.05) is 13.0 Å². The van der Waals surface area contributed by atoms with Gasteiger partial charge in [0.05, 0.1) is 27.2 Å². The highest BCUT2D eigenvalue weighted by Crippen LogP contribution is 2.42. The van der Waals surface area contributed by atoms with Crippen LogP contribution in [0.4, 0.5) is 27.8 Å². The van der Waals surface area contributed by atoms with Gasteiger partial charge in [0.25, 0.3) is 0 Å². The second kappa shape index (κ2) is 12.1. The van der Waals surface area contributed by atoms with Gasteiger partial charge in [0, 0.05) is 49.6 Å². The normalized spacial score (nSPS) is 17.4. The minimum atomic E-state index is -5.03. The summed E-state index contributed by atoms with van der Waals surface area (Å²) >= 11 is 0. The molecule has 1 aliphatic carbocycles. The maximum absolute atomic E-state index is 16.1. The minimum absolute atomic E-state index is 0.0762. The van der Waals surface area contributed by atoms with Crippen molar-refractivity contribution in [2.24, 2.45) is 0 Å². The summed E-state index contributed by atoms with van der Waals surface area (Å²) in [5, 5.41) is -0.126. The third kappa shape index (κ3) is 5.82. The number of carbonyl (C=O) groups excluding carboxylic acids is 1. The molecule has 1 saturated heterocycles. The van der Waals surface area contributed by atoms with E-state index in [9.17, 15) is 35.6 Å². The van der Waals surface area contributed by atoms with E-state index in [2.05, 4.69) is 21.5 Å². The molecule has 0 radical (unpaired) electrons. The Hall–Kier alpha value is -4.73. The Kier molecular flexibility index (Phi) is 8.34. The molecule has 0 unspecified atom stereocenters. The number of hydrogen-bond donors (Lipinski definition) is 0. The van der Waals surface area contributed by atoms with E-state index >= 15 is 4.39 Å². The van der Waals surface area contributed by atoms with Crippen LogP contribution in [0.3, 0.4) is 0 Å². The topological polar surface area (TPSA) is 118 Å². The first-order valence-electron chi connectivity index (χ1n) is 15.0.